The van der Waals surface area contributed by atoms with Gasteiger partial charge in [-0.1, -0.05) is 12.1 Å². The molecule has 0 amide bonds. The number of rotatable bonds is 2. The summed E-state index contributed by atoms with van der Waals surface area (Å²) < 4.78 is 13.6. The first-order chi connectivity index (χ1) is 7.22. The van der Waals surface area contributed by atoms with Crippen LogP contribution in [-0.2, 0) is 0 Å². The molecule has 0 unspecified atom stereocenters. The number of hydrogen-bond acceptors (Lipinski definition) is 2. The Morgan fingerprint density at radius 2 is 2.13 bits per heavy atom. The van der Waals surface area contributed by atoms with E-state index in [0.717, 1.165) is 11.8 Å². The van der Waals surface area contributed by atoms with Crippen LogP contribution >= 0.6 is 11.3 Å². The zero-order valence-electron chi connectivity index (χ0n) is 8.16. The van der Waals surface area contributed by atoms with Gasteiger partial charge in [0.2, 0.25) is 0 Å². The van der Waals surface area contributed by atoms with Gasteiger partial charge in [-0.2, -0.15) is 0 Å². The molecule has 0 radical (unpaired) electrons. The summed E-state index contributed by atoms with van der Waals surface area (Å²) in [5.41, 5.74) is 1.92. The van der Waals surface area contributed by atoms with E-state index in [1.807, 2.05) is 13.0 Å². The van der Waals surface area contributed by atoms with Gasteiger partial charge in [0.1, 0.15) is 5.82 Å². The van der Waals surface area contributed by atoms with Gasteiger partial charge in [-0.05, 0) is 30.0 Å². The molecule has 0 fully saturated rings. The molecule has 0 aliphatic rings. The van der Waals surface area contributed by atoms with Gasteiger partial charge in [-0.3, -0.25) is 4.79 Å². The van der Waals surface area contributed by atoms with E-state index in [-0.39, 0.29) is 5.82 Å². The molecule has 0 saturated heterocycles. The van der Waals surface area contributed by atoms with Crippen molar-refractivity contribution in [2.75, 3.05) is 0 Å². The van der Waals surface area contributed by atoms with Crippen LogP contribution in [0.15, 0.2) is 29.6 Å². The molecule has 15 heavy (non-hydrogen) atoms. The molecule has 0 atom stereocenters. The van der Waals surface area contributed by atoms with Gasteiger partial charge in [0.05, 0.1) is 0 Å². The summed E-state index contributed by atoms with van der Waals surface area (Å²) in [4.78, 5) is 11.4. The molecule has 0 aliphatic heterocycles. The van der Waals surface area contributed by atoms with Crippen molar-refractivity contribution in [1.29, 1.82) is 0 Å². The van der Waals surface area contributed by atoms with Crippen molar-refractivity contribution in [1.82, 2.24) is 0 Å². The second-order valence-electron chi connectivity index (χ2n) is 3.31. The molecule has 2 aromatic rings. The number of thiophene rings is 1. The van der Waals surface area contributed by atoms with E-state index >= 15 is 0 Å². The third-order valence-corrected chi connectivity index (χ3v) is 3.16. The molecule has 1 aromatic carbocycles. The summed E-state index contributed by atoms with van der Waals surface area (Å²) in [5, 5.41) is 1.79. The second kappa shape index (κ2) is 3.95. The van der Waals surface area contributed by atoms with Crippen molar-refractivity contribution in [3.63, 3.8) is 0 Å². The number of halogens is 1. The van der Waals surface area contributed by atoms with E-state index in [4.69, 9.17) is 0 Å². The van der Waals surface area contributed by atoms with Crippen molar-refractivity contribution < 1.29 is 9.18 Å². The Balaban J connectivity index is 2.59. The van der Waals surface area contributed by atoms with Crippen molar-refractivity contribution in [2.45, 2.75) is 6.92 Å². The average Bonchev–Trinajstić information content (AvgIpc) is 2.65. The molecule has 1 nitrogen and oxygen atoms in total. The number of aryl methyl sites for hydroxylation is 1. The van der Waals surface area contributed by atoms with Crippen molar-refractivity contribution >= 4 is 17.6 Å². The van der Waals surface area contributed by atoms with Crippen LogP contribution in [-0.4, -0.2) is 6.29 Å². The van der Waals surface area contributed by atoms with E-state index in [9.17, 15) is 9.18 Å². The Bertz CT molecular complexity index is 502. The van der Waals surface area contributed by atoms with Gasteiger partial charge in [0, 0.05) is 16.0 Å². The number of carbonyl (C=O) groups excluding carboxylic acids is 1. The summed E-state index contributed by atoms with van der Waals surface area (Å²) >= 11 is 1.38. The lowest BCUT2D eigenvalue weighted by Crippen LogP contribution is -1.86. The Labute approximate surface area is 91.2 Å². The highest BCUT2D eigenvalue weighted by Crippen LogP contribution is 2.30. The van der Waals surface area contributed by atoms with Crippen LogP contribution in [0.1, 0.15) is 15.9 Å². The quantitative estimate of drug-likeness (QED) is 0.706. The highest BCUT2D eigenvalue weighted by molar-refractivity contribution is 7.14. The lowest BCUT2D eigenvalue weighted by atomic mass is 10.1. The topological polar surface area (TPSA) is 17.1 Å². The van der Waals surface area contributed by atoms with Crippen LogP contribution < -0.4 is 0 Å². The molecule has 76 valence electrons. The van der Waals surface area contributed by atoms with Crippen molar-refractivity contribution in [2.24, 2.45) is 0 Å². The van der Waals surface area contributed by atoms with Gasteiger partial charge in [-0.25, -0.2) is 4.39 Å². The fourth-order valence-corrected chi connectivity index (χ4v) is 2.33. The van der Waals surface area contributed by atoms with Crippen LogP contribution in [0.4, 0.5) is 4.39 Å². The van der Waals surface area contributed by atoms with Crippen molar-refractivity contribution in [3.05, 3.63) is 46.6 Å². The first-order valence-corrected chi connectivity index (χ1v) is 5.39. The highest BCUT2D eigenvalue weighted by Gasteiger charge is 2.10. The van der Waals surface area contributed by atoms with Crippen LogP contribution in [0, 0.1) is 12.7 Å². The minimum absolute atomic E-state index is 0.277. The van der Waals surface area contributed by atoms with Gasteiger partial charge < -0.3 is 0 Å². The predicted molar refractivity (Wildman–Crippen MR) is 59.8 cm³/mol. The molecule has 0 saturated carbocycles. The third-order valence-electron chi connectivity index (χ3n) is 2.19. The summed E-state index contributed by atoms with van der Waals surface area (Å²) in [7, 11) is 0. The molecular weight excluding hydrogens is 211 g/mol. The zero-order valence-corrected chi connectivity index (χ0v) is 8.98. The monoisotopic (exact) mass is 220 g/mol. The Morgan fingerprint density at radius 3 is 2.80 bits per heavy atom. The largest absolute Gasteiger partial charge is 0.298 e. The summed E-state index contributed by atoms with van der Waals surface area (Å²) in [6, 6.07) is 6.73. The Hall–Kier alpha value is -1.48. The van der Waals surface area contributed by atoms with E-state index in [1.165, 1.54) is 17.4 Å². The van der Waals surface area contributed by atoms with Crippen LogP contribution in [0.25, 0.3) is 10.4 Å². The Kier molecular flexibility index (Phi) is 2.64. The molecule has 0 bridgehead atoms. The standard InChI is InChI=1S/C12H9FOS/c1-8-2-3-10(11(13)6-8)12-9(7-14)4-5-15-12/h2-7H,1H3. The van der Waals surface area contributed by atoms with Gasteiger partial charge in [0.25, 0.3) is 0 Å². The van der Waals surface area contributed by atoms with Crippen LogP contribution in [0.5, 0.6) is 0 Å². The van der Waals surface area contributed by atoms with Gasteiger partial charge in [0.15, 0.2) is 6.29 Å². The number of benzene rings is 1. The lowest BCUT2D eigenvalue weighted by molar-refractivity contribution is 0.112. The normalized spacial score (nSPS) is 10.3. The van der Waals surface area contributed by atoms with E-state index in [2.05, 4.69) is 0 Å². The summed E-state index contributed by atoms with van der Waals surface area (Å²) in [5.74, 6) is -0.277. The number of carbonyl (C=O) groups is 1. The van der Waals surface area contributed by atoms with Crippen molar-refractivity contribution in [3.8, 4) is 10.4 Å². The first kappa shape index (κ1) is 10.1. The zero-order chi connectivity index (χ0) is 10.8. The van der Waals surface area contributed by atoms with Gasteiger partial charge in [-0.15, -0.1) is 11.3 Å². The molecular formula is C12H9FOS. The average molecular weight is 220 g/mol. The maximum absolute atomic E-state index is 13.6. The minimum atomic E-state index is -0.277. The summed E-state index contributed by atoms with van der Waals surface area (Å²) in [6.45, 7) is 1.84. The third kappa shape index (κ3) is 1.83. The molecule has 0 spiro atoms. The fraction of sp³-hybridized carbons (Fsp3) is 0.0833. The highest BCUT2D eigenvalue weighted by atomic mass is 32.1. The second-order valence-corrected chi connectivity index (χ2v) is 4.22. The first-order valence-electron chi connectivity index (χ1n) is 4.51. The molecule has 0 N–H and O–H groups in total. The molecule has 3 heteroatoms. The van der Waals surface area contributed by atoms with Crippen LogP contribution in [0.3, 0.4) is 0 Å². The van der Waals surface area contributed by atoms with Gasteiger partial charge >= 0.3 is 0 Å². The van der Waals surface area contributed by atoms with E-state index in [0.29, 0.717) is 16.0 Å². The minimum Gasteiger partial charge on any atom is -0.298 e. The number of aldehydes is 1. The maximum Gasteiger partial charge on any atom is 0.151 e. The summed E-state index contributed by atoms with van der Waals surface area (Å²) in [6.07, 6.45) is 0.755. The SMILES string of the molecule is Cc1ccc(-c2sccc2C=O)c(F)c1. The molecule has 1 aromatic heterocycles. The Morgan fingerprint density at radius 1 is 1.33 bits per heavy atom. The molecule has 2 rings (SSSR count). The maximum atomic E-state index is 13.6. The van der Waals surface area contributed by atoms with Crippen LogP contribution in [0.2, 0.25) is 0 Å². The number of hydrogen-bond donors (Lipinski definition) is 0. The lowest BCUT2D eigenvalue weighted by Gasteiger charge is -2.02. The van der Waals surface area contributed by atoms with E-state index < -0.39 is 0 Å². The molecule has 0 aliphatic carbocycles. The van der Waals surface area contributed by atoms with E-state index in [1.54, 1.807) is 17.5 Å². The predicted octanol–water partition coefficient (Wildman–Crippen LogP) is 3.68. The molecule has 1 heterocycles. The fourth-order valence-electron chi connectivity index (χ4n) is 1.44. The smallest absolute Gasteiger partial charge is 0.151 e.